The zero-order valence-electron chi connectivity index (χ0n) is 17.1. The molecule has 1 N–H and O–H groups in total. The monoisotopic (exact) mass is 423 g/mol. The summed E-state index contributed by atoms with van der Waals surface area (Å²) in [6.45, 7) is 11.6. The highest BCUT2D eigenvalue weighted by atomic mass is 32.2. The van der Waals surface area contributed by atoms with Crippen molar-refractivity contribution in [1.82, 2.24) is 4.31 Å². The second kappa shape index (κ2) is 10.5. The van der Waals surface area contributed by atoms with Gasteiger partial charge in [0, 0.05) is 15.4 Å². The number of aliphatic carboxylic acids is 1. The Balaban J connectivity index is 3.70. The Bertz CT molecular complexity index is 765. The molecule has 0 saturated carbocycles. The molecule has 0 atom stereocenters. The predicted octanol–water partition coefficient (Wildman–Crippen LogP) is 6.36. The molecule has 1 rings (SSSR count). The summed E-state index contributed by atoms with van der Waals surface area (Å²) >= 11 is 4.70. The van der Waals surface area contributed by atoms with E-state index in [1.807, 2.05) is 36.8 Å². The van der Waals surface area contributed by atoms with Gasteiger partial charge in [0.15, 0.2) is 0 Å². The van der Waals surface area contributed by atoms with Crippen LogP contribution >= 0.6 is 35.5 Å². The Morgan fingerprint density at radius 2 is 1.89 bits per heavy atom. The minimum atomic E-state index is -0.929. The third-order valence-corrected chi connectivity index (χ3v) is 6.90. The van der Waals surface area contributed by atoms with Gasteiger partial charge < -0.3 is 5.11 Å². The number of allylic oxidation sites excluding steroid dienone is 5. The summed E-state index contributed by atoms with van der Waals surface area (Å²) in [6, 6.07) is 4.07. The Labute approximate surface area is 176 Å². The number of rotatable bonds is 9. The maximum atomic E-state index is 11.7. The summed E-state index contributed by atoms with van der Waals surface area (Å²) < 4.78 is 1.12. The number of aryl methyl sites for hydroxylation is 1. The van der Waals surface area contributed by atoms with Crippen LogP contribution < -0.4 is 0 Å². The van der Waals surface area contributed by atoms with Gasteiger partial charge in [0.2, 0.25) is 0 Å². The summed E-state index contributed by atoms with van der Waals surface area (Å²) in [5.41, 5.74) is 3.17. The molecule has 0 spiro atoms. The lowest BCUT2D eigenvalue weighted by molar-refractivity contribution is -0.138. The molecule has 0 unspecified atom stereocenters. The van der Waals surface area contributed by atoms with E-state index in [1.54, 1.807) is 37.6 Å². The minimum absolute atomic E-state index is 0.830. The number of carboxylic acid groups (broad SMARTS) is 1. The van der Waals surface area contributed by atoms with Gasteiger partial charge in [-0.2, -0.15) is 0 Å². The molecule has 3 nitrogen and oxygen atoms in total. The first-order valence-electron chi connectivity index (χ1n) is 8.50. The van der Waals surface area contributed by atoms with Crippen LogP contribution in [0, 0.1) is 6.92 Å². The van der Waals surface area contributed by atoms with Crippen LogP contribution in [0.3, 0.4) is 0 Å². The fourth-order valence-corrected chi connectivity index (χ4v) is 4.43. The number of carbonyl (C=O) groups is 1. The third-order valence-electron chi connectivity index (χ3n) is 3.80. The molecule has 0 aliphatic rings. The van der Waals surface area contributed by atoms with Crippen LogP contribution in [0.5, 0.6) is 0 Å². The van der Waals surface area contributed by atoms with E-state index in [4.69, 9.17) is 0 Å². The van der Waals surface area contributed by atoms with Gasteiger partial charge in [0.25, 0.3) is 0 Å². The molecule has 1 aromatic carbocycles. The smallest absolute Gasteiger partial charge is 0.319 e. The molecule has 0 fully saturated rings. The minimum Gasteiger partial charge on any atom is -0.480 e. The molecule has 0 heterocycles. The quantitative estimate of drug-likeness (QED) is 0.283. The zero-order chi connectivity index (χ0) is 20.8. The van der Waals surface area contributed by atoms with E-state index in [2.05, 4.69) is 38.6 Å². The molecule has 0 aliphatic carbocycles. The van der Waals surface area contributed by atoms with E-state index in [0.29, 0.717) is 0 Å². The molecule has 27 heavy (non-hydrogen) atoms. The number of thioether (sulfide) groups is 2. The van der Waals surface area contributed by atoms with Gasteiger partial charge in [-0.3, -0.25) is 9.10 Å². The number of carboxylic acids is 1. The van der Waals surface area contributed by atoms with Crippen molar-refractivity contribution in [3.8, 4) is 0 Å². The van der Waals surface area contributed by atoms with Gasteiger partial charge in [-0.15, -0.1) is 23.5 Å². The predicted molar refractivity (Wildman–Crippen MR) is 124 cm³/mol. The van der Waals surface area contributed by atoms with Crippen molar-refractivity contribution < 1.29 is 9.90 Å². The van der Waals surface area contributed by atoms with Gasteiger partial charge in [0.1, 0.15) is 4.75 Å². The van der Waals surface area contributed by atoms with E-state index < -0.39 is 10.7 Å². The Hall–Kier alpha value is -1.08. The first kappa shape index (κ1) is 24.0. The molecular weight excluding hydrogens is 394 g/mol. The second-order valence-corrected chi connectivity index (χ2v) is 10.8. The normalized spacial score (nSPS) is 13.2. The lowest BCUT2D eigenvalue weighted by Crippen LogP contribution is -2.27. The highest BCUT2D eigenvalue weighted by molar-refractivity contribution is 8.02. The maximum Gasteiger partial charge on any atom is 0.319 e. The Morgan fingerprint density at radius 1 is 1.26 bits per heavy atom. The van der Waals surface area contributed by atoms with Gasteiger partial charge in [0.05, 0.1) is 0 Å². The summed E-state index contributed by atoms with van der Waals surface area (Å²) in [7, 11) is 4.01. The van der Waals surface area contributed by atoms with E-state index >= 15 is 0 Å². The molecule has 6 heteroatoms. The fraction of sp³-hybridized carbons (Fsp3) is 0.381. The van der Waals surface area contributed by atoms with Crippen molar-refractivity contribution in [2.45, 2.75) is 42.2 Å². The van der Waals surface area contributed by atoms with E-state index in [-0.39, 0.29) is 0 Å². The van der Waals surface area contributed by atoms with Crippen molar-refractivity contribution in [2.75, 3.05) is 20.4 Å². The summed E-state index contributed by atoms with van der Waals surface area (Å²) in [5.74, 6) is -0.830. The van der Waals surface area contributed by atoms with E-state index in [9.17, 15) is 9.90 Å². The lowest BCUT2D eigenvalue weighted by Gasteiger charge is -2.24. The topological polar surface area (TPSA) is 40.5 Å². The SMILES string of the molecule is C=C/C(=C\C=C(/C)SC)c1c(SC(C)(C)C(=O)O)ccc(C)c1SN(C)C. The maximum absolute atomic E-state index is 11.7. The first-order valence-corrected chi connectivity index (χ1v) is 11.3. The fourth-order valence-electron chi connectivity index (χ4n) is 2.17. The summed E-state index contributed by atoms with van der Waals surface area (Å²) in [5, 5.41) is 9.59. The van der Waals surface area contributed by atoms with Crippen LogP contribution in [0.15, 0.2) is 51.6 Å². The van der Waals surface area contributed by atoms with Crippen LogP contribution in [-0.4, -0.2) is 40.5 Å². The number of nitrogens with zero attached hydrogens (tertiary/aromatic N) is 1. The van der Waals surface area contributed by atoms with E-state index in [1.165, 1.54) is 16.7 Å². The van der Waals surface area contributed by atoms with Crippen molar-refractivity contribution in [3.63, 3.8) is 0 Å². The first-order chi connectivity index (χ1) is 12.5. The second-order valence-electron chi connectivity index (χ2n) is 6.71. The van der Waals surface area contributed by atoms with Crippen LogP contribution in [0.25, 0.3) is 5.57 Å². The van der Waals surface area contributed by atoms with Crippen molar-refractivity contribution >= 4 is 47.0 Å². The van der Waals surface area contributed by atoms with Crippen LogP contribution in [-0.2, 0) is 4.79 Å². The third kappa shape index (κ3) is 6.79. The molecule has 0 amide bonds. The highest BCUT2D eigenvalue weighted by Gasteiger charge is 2.30. The van der Waals surface area contributed by atoms with Gasteiger partial charge in [-0.25, -0.2) is 0 Å². The van der Waals surface area contributed by atoms with Crippen molar-refractivity contribution in [3.05, 3.63) is 53.0 Å². The van der Waals surface area contributed by atoms with Crippen LogP contribution in [0.4, 0.5) is 0 Å². The summed E-state index contributed by atoms with van der Waals surface area (Å²) in [6.07, 6.45) is 8.02. The van der Waals surface area contributed by atoms with Crippen molar-refractivity contribution in [2.24, 2.45) is 0 Å². The average Bonchev–Trinajstić information content (AvgIpc) is 2.58. The summed E-state index contributed by atoms with van der Waals surface area (Å²) in [4.78, 5) is 14.9. The molecule has 0 radical (unpaired) electrons. The standard InChI is InChI=1S/C21H29NO2S3/c1-9-16(12-11-15(3)25-8)18-17(26-21(4,5)20(23)24)13-10-14(2)19(18)27-22(6)7/h9-13H,1H2,2-8H3,(H,23,24)/b15-11+,16-12+. The molecular formula is C21H29NO2S3. The molecule has 0 aromatic heterocycles. The van der Waals surface area contributed by atoms with Crippen LogP contribution in [0.2, 0.25) is 0 Å². The largest absolute Gasteiger partial charge is 0.480 e. The van der Waals surface area contributed by atoms with Gasteiger partial charge in [-0.05, 0) is 82.1 Å². The Morgan fingerprint density at radius 3 is 2.37 bits per heavy atom. The molecule has 0 saturated heterocycles. The molecule has 148 valence electrons. The molecule has 0 aliphatic heterocycles. The van der Waals surface area contributed by atoms with Gasteiger partial charge in [-0.1, -0.05) is 30.9 Å². The lowest BCUT2D eigenvalue weighted by atomic mass is 10.0. The van der Waals surface area contributed by atoms with Crippen molar-refractivity contribution in [1.29, 1.82) is 0 Å². The highest BCUT2D eigenvalue weighted by Crippen LogP contribution is 2.43. The van der Waals surface area contributed by atoms with Crippen LogP contribution in [0.1, 0.15) is 31.9 Å². The van der Waals surface area contributed by atoms with E-state index in [0.717, 1.165) is 26.5 Å². The Kier molecular flexibility index (Phi) is 9.28. The molecule has 0 bridgehead atoms. The van der Waals surface area contributed by atoms with Gasteiger partial charge >= 0.3 is 5.97 Å². The zero-order valence-corrected chi connectivity index (χ0v) is 19.6. The number of benzene rings is 1. The number of hydrogen-bond acceptors (Lipinski definition) is 5. The number of hydrogen-bond donors (Lipinski definition) is 1. The molecule has 1 aromatic rings. The average molecular weight is 424 g/mol.